The monoisotopic (exact) mass is 443 g/mol. The SMILES string of the molecule is O=C(/C=C/c1ccco1)Nc1ccc(C(=O)/C=C/c2ccc(-c3ccccc3Cl)o2)cc1. The van der Waals surface area contributed by atoms with Gasteiger partial charge in [0.1, 0.15) is 17.3 Å². The molecule has 0 aliphatic heterocycles. The van der Waals surface area contributed by atoms with Gasteiger partial charge in [-0.05, 0) is 78.9 Å². The standard InChI is InChI=1S/C26H18ClNO4/c27-23-6-2-1-5-22(23)25-15-12-21(32-25)11-14-24(29)18-7-9-19(10-8-18)28-26(30)16-13-20-4-3-17-31-20/h1-17H,(H,28,30)/b14-11+,16-13+. The zero-order chi connectivity index (χ0) is 22.3. The van der Waals surface area contributed by atoms with Gasteiger partial charge in [0.15, 0.2) is 5.78 Å². The lowest BCUT2D eigenvalue weighted by Crippen LogP contribution is -2.07. The molecule has 4 aromatic rings. The first-order chi connectivity index (χ1) is 15.6. The van der Waals surface area contributed by atoms with Gasteiger partial charge in [0.05, 0.1) is 11.3 Å². The molecule has 5 nitrogen and oxygen atoms in total. The van der Waals surface area contributed by atoms with Crippen LogP contribution in [-0.4, -0.2) is 11.7 Å². The van der Waals surface area contributed by atoms with Crippen LogP contribution in [0.5, 0.6) is 0 Å². The summed E-state index contributed by atoms with van der Waals surface area (Å²) in [6, 6.07) is 21.1. The van der Waals surface area contributed by atoms with E-state index in [4.69, 9.17) is 20.4 Å². The molecular formula is C26H18ClNO4. The van der Waals surface area contributed by atoms with Crippen molar-refractivity contribution < 1.29 is 18.4 Å². The maximum Gasteiger partial charge on any atom is 0.248 e. The molecule has 0 atom stereocenters. The fourth-order valence-corrected chi connectivity index (χ4v) is 3.18. The van der Waals surface area contributed by atoms with Gasteiger partial charge in [0.2, 0.25) is 5.91 Å². The molecule has 0 aliphatic rings. The summed E-state index contributed by atoms with van der Waals surface area (Å²) < 4.78 is 10.9. The van der Waals surface area contributed by atoms with Gasteiger partial charge in [0, 0.05) is 22.9 Å². The Hall–Kier alpha value is -4.09. The van der Waals surface area contributed by atoms with E-state index in [0.717, 1.165) is 5.56 Å². The number of allylic oxidation sites excluding steroid dienone is 1. The molecule has 0 spiro atoms. The summed E-state index contributed by atoms with van der Waals surface area (Å²) >= 11 is 6.19. The fourth-order valence-electron chi connectivity index (χ4n) is 2.95. The average molecular weight is 444 g/mol. The van der Waals surface area contributed by atoms with E-state index < -0.39 is 0 Å². The summed E-state index contributed by atoms with van der Waals surface area (Å²) in [6.45, 7) is 0. The molecule has 0 fully saturated rings. The van der Waals surface area contributed by atoms with Crippen molar-refractivity contribution in [2.75, 3.05) is 5.32 Å². The summed E-state index contributed by atoms with van der Waals surface area (Å²) in [6.07, 6.45) is 7.53. The lowest BCUT2D eigenvalue weighted by molar-refractivity contribution is -0.111. The van der Waals surface area contributed by atoms with Gasteiger partial charge < -0.3 is 14.2 Å². The topological polar surface area (TPSA) is 72.5 Å². The number of anilines is 1. The maximum absolute atomic E-state index is 12.5. The highest BCUT2D eigenvalue weighted by Crippen LogP contribution is 2.29. The van der Waals surface area contributed by atoms with Gasteiger partial charge in [-0.3, -0.25) is 9.59 Å². The molecule has 158 valence electrons. The zero-order valence-electron chi connectivity index (χ0n) is 16.8. The molecule has 4 rings (SSSR count). The molecule has 2 aromatic heterocycles. The van der Waals surface area contributed by atoms with Crippen LogP contribution in [0, 0.1) is 0 Å². The molecule has 0 bridgehead atoms. The number of halogens is 1. The highest BCUT2D eigenvalue weighted by Gasteiger charge is 2.08. The Morgan fingerprint density at radius 2 is 1.59 bits per heavy atom. The Labute approximate surface area is 189 Å². The van der Waals surface area contributed by atoms with E-state index in [1.54, 1.807) is 60.7 Å². The number of furan rings is 2. The van der Waals surface area contributed by atoms with Crippen molar-refractivity contribution >= 4 is 41.1 Å². The minimum absolute atomic E-state index is 0.184. The van der Waals surface area contributed by atoms with E-state index in [2.05, 4.69) is 5.32 Å². The number of hydrogen-bond acceptors (Lipinski definition) is 4. The Kier molecular flexibility index (Phi) is 6.49. The van der Waals surface area contributed by atoms with E-state index >= 15 is 0 Å². The van der Waals surface area contributed by atoms with Crippen LogP contribution in [0.25, 0.3) is 23.5 Å². The Bertz CT molecular complexity index is 1280. The molecule has 0 radical (unpaired) electrons. The number of amides is 1. The second kappa shape index (κ2) is 9.81. The van der Waals surface area contributed by atoms with E-state index in [9.17, 15) is 9.59 Å². The van der Waals surface area contributed by atoms with Crippen molar-refractivity contribution in [1.29, 1.82) is 0 Å². The summed E-state index contributed by atoms with van der Waals surface area (Å²) in [7, 11) is 0. The fraction of sp³-hybridized carbons (Fsp3) is 0. The van der Waals surface area contributed by atoms with E-state index in [1.165, 1.54) is 18.4 Å². The van der Waals surface area contributed by atoms with Gasteiger partial charge in [0.25, 0.3) is 0 Å². The Morgan fingerprint density at radius 1 is 0.812 bits per heavy atom. The van der Waals surface area contributed by atoms with Crippen LogP contribution in [0.4, 0.5) is 5.69 Å². The zero-order valence-corrected chi connectivity index (χ0v) is 17.6. The smallest absolute Gasteiger partial charge is 0.248 e. The number of rotatable bonds is 7. The van der Waals surface area contributed by atoms with Gasteiger partial charge in [-0.15, -0.1) is 0 Å². The number of nitrogens with one attached hydrogen (secondary N) is 1. The average Bonchev–Trinajstić information content (AvgIpc) is 3.49. The molecular weight excluding hydrogens is 426 g/mol. The summed E-state index contributed by atoms with van der Waals surface area (Å²) in [5.74, 6) is 1.27. The molecule has 1 N–H and O–H groups in total. The second-order valence-corrected chi connectivity index (χ2v) is 7.20. The van der Waals surface area contributed by atoms with Gasteiger partial charge in [-0.1, -0.05) is 23.7 Å². The third-order valence-corrected chi connectivity index (χ3v) is 4.87. The summed E-state index contributed by atoms with van der Waals surface area (Å²) in [4.78, 5) is 24.4. The van der Waals surface area contributed by atoms with E-state index in [1.807, 2.05) is 24.3 Å². The van der Waals surface area contributed by atoms with Gasteiger partial charge in [-0.2, -0.15) is 0 Å². The van der Waals surface area contributed by atoms with Crippen LogP contribution in [0.1, 0.15) is 21.9 Å². The summed E-state index contributed by atoms with van der Waals surface area (Å²) in [5, 5.41) is 3.32. The first kappa shape index (κ1) is 21.2. The van der Waals surface area contributed by atoms with Crippen molar-refractivity contribution in [3.8, 4) is 11.3 Å². The minimum atomic E-state index is -0.299. The van der Waals surface area contributed by atoms with Gasteiger partial charge >= 0.3 is 0 Å². The third-order valence-electron chi connectivity index (χ3n) is 4.54. The van der Waals surface area contributed by atoms with Crippen LogP contribution in [0.3, 0.4) is 0 Å². The second-order valence-electron chi connectivity index (χ2n) is 6.79. The minimum Gasteiger partial charge on any atom is -0.465 e. The highest BCUT2D eigenvalue weighted by molar-refractivity contribution is 6.33. The van der Waals surface area contributed by atoms with Crippen LogP contribution in [0.15, 0.2) is 100 Å². The predicted molar refractivity (Wildman–Crippen MR) is 125 cm³/mol. The Morgan fingerprint density at radius 3 is 2.34 bits per heavy atom. The molecule has 32 heavy (non-hydrogen) atoms. The van der Waals surface area contributed by atoms with E-state index in [-0.39, 0.29) is 11.7 Å². The molecule has 2 heterocycles. The molecule has 1 amide bonds. The van der Waals surface area contributed by atoms with Crippen LogP contribution in [-0.2, 0) is 4.79 Å². The van der Waals surface area contributed by atoms with Crippen LogP contribution < -0.4 is 5.32 Å². The first-order valence-electron chi connectivity index (χ1n) is 9.78. The molecule has 6 heteroatoms. The van der Waals surface area contributed by atoms with Crippen molar-refractivity contribution in [3.05, 3.63) is 113 Å². The van der Waals surface area contributed by atoms with Crippen LogP contribution >= 0.6 is 11.6 Å². The van der Waals surface area contributed by atoms with Gasteiger partial charge in [-0.25, -0.2) is 0 Å². The van der Waals surface area contributed by atoms with Crippen molar-refractivity contribution in [2.24, 2.45) is 0 Å². The lowest BCUT2D eigenvalue weighted by atomic mass is 10.1. The van der Waals surface area contributed by atoms with Crippen LogP contribution in [0.2, 0.25) is 5.02 Å². The largest absolute Gasteiger partial charge is 0.465 e. The lowest BCUT2D eigenvalue weighted by Gasteiger charge is -2.03. The Balaban J connectivity index is 1.36. The number of ketones is 1. The predicted octanol–water partition coefficient (Wildman–Crippen LogP) is 6.74. The molecule has 0 saturated carbocycles. The third kappa shape index (κ3) is 5.33. The summed E-state index contributed by atoms with van der Waals surface area (Å²) in [5.41, 5.74) is 1.86. The molecule has 2 aromatic carbocycles. The number of carbonyl (C=O) groups is 2. The molecule has 0 unspecified atom stereocenters. The molecule has 0 aliphatic carbocycles. The number of carbonyl (C=O) groups excluding carboxylic acids is 2. The number of benzene rings is 2. The van der Waals surface area contributed by atoms with Crippen molar-refractivity contribution in [1.82, 2.24) is 0 Å². The molecule has 0 saturated heterocycles. The number of hydrogen-bond donors (Lipinski definition) is 1. The maximum atomic E-state index is 12.5. The van der Waals surface area contributed by atoms with E-state index in [0.29, 0.717) is 33.6 Å². The quantitative estimate of drug-likeness (QED) is 0.253. The first-order valence-corrected chi connectivity index (χ1v) is 10.2. The van der Waals surface area contributed by atoms with Crippen molar-refractivity contribution in [2.45, 2.75) is 0 Å². The normalized spacial score (nSPS) is 11.3. The van der Waals surface area contributed by atoms with Crippen molar-refractivity contribution in [3.63, 3.8) is 0 Å². The highest BCUT2D eigenvalue weighted by atomic mass is 35.5.